The molecule has 1 N–H and O–H groups in total. The van der Waals surface area contributed by atoms with Crippen LogP contribution in [0.2, 0.25) is 5.02 Å². The van der Waals surface area contributed by atoms with Crippen LogP contribution < -0.4 is 10.1 Å². The molecule has 1 heterocycles. The summed E-state index contributed by atoms with van der Waals surface area (Å²) >= 11 is 6.02. The molecule has 0 aliphatic rings. The van der Waals surface area contributed by atoms with Crippen molar-refractivity contribution in [2.24, 2.45) is 0 Å². The largest absolute Gasteiger partial charge is 0.496 e. The average Bonchev–Trinajstić information content (AvgIpc) is 2.61. The zero-order valence-electron chi connectivity index (χ0n) is 14.1. The first-order valence-corrected chi connectivity index (χ1v) is 8.14. The van der Waals surface area contributed by atoms with Crippen LogP contribution in [0.15, 0.2) is 42.6 Å². The smallest absolute Gasteiger partial charge is 0.317 e. The summed E-state index contributed by atoms with van der Waals surface area (Å²) in [6, 6.07) is 10.9. The first-order valence-electron chi connectivity index (χ1n) is 7.77. The van der Waals surface area contributed by atoms with Crippen molar-refractivity contribution in [3.05, 3.63) is 58.9 Å². The number of carbonyl (C=O) groups excluding carboxylic acids is 1. The summed E-state index contributed by atoms with van der Waals surface area (Å²) in [6.07, 6.45) is 2.37. The van der Waals surface area contributed by atoms with E-state index >= 15 is 0 Å². The number of hydrogen-bond acceptors (Lipinski definition) is 3. The minimum absolute atomic E-state index is 0.105. The average molecular weight is 348 g/mol. The van der Waals surface area contributed by atoms with Crippen LogP contribution in [0.3, 0.4) is 0 Å². The lowest BCUT2D eigenvalue weighted by Gasteiger charge is -2.24. The molecule has 0 aliphatic heterocycles. The predicted octanol–water partition coefficient (Wildman–Crippen LogP) is 3.69. The van der Waals surface area contributed by atoms with Gasteiger partial charge in [-0.15, -0.1) is 0 Å². The number of aromatic nitrogens is 1. The van der Waals surface area contributed by atoms with Crippen molar-refractivity contribution >= 4 is 17.6 Å². The summed E-state index contributed by atoms with van der Waals surface area (Å²) in [4.78, 5) is 18.2. The Morgan fingerprint density at radius 1 is 1.38 bits per heavy atom. The van der Waals surface area contributed by atoms with Crippen molar-refractivity contribution in [1.82, 2.24) is 15.2 Å². The molecule has 1 atom stereocenters. The monoisotopic (exact) mass is 347 g/mol. The van der Waals surface area contributed by atoms with Crippen LogP contribution in [0.5, 0.6) is 5.75 Å². The van der Waals surface area contributed by atoms with Crippen molar-refractivity contribution in [3.8, 4) is 5.75 Å². The van der Waals surface area contributed by atoms with Crippen molar-refractivity contribution < 1.29 is 9.53 Å². The van der Waals surface area contributed by atoms with Gasteiger partial charge in [-0.3, -0.25) is 4.98 Å². The van der Waals surface area contributed by atoms with Crippen molar-refractivity contribution in [2.45, 2.75) is 19.4 Å². The molecule has 0 saturated heterocycles. The molecule has 0 fully saturated rings. The van der Waals surface area contributed by atoms with E-state index in [0.717, 1.165) is 17.0 Å². The second-order valence-electron chi connectivity index (χ2n) is 5.48. The van der Waals surface area contributed by atoms with E-state index < -0.39 is 0 Å². The van der Waals surface area contributed by atoms with Crippen molar-refractivity contribution in [1.29, 1.82) is 0 Å². The molecule has 0 unspecified atom stereocenters. The molecule has 24 heavy (non-hydrogen) atoms. The molecule has 128 valence electrons. The molecule has 2 rings (SSSR count). The Morgan fingerprint density at radius 2 is 2.17 bits per heavy atom. The van der Waals surface area contributed by atoms with E-state index in [1.807, 2.05) is 37.3 Å². The van der Waals surface area contributed by atoms with Crippen molar-refractivity contribution in [2.75, 3.05) is 20.7 Å². The fourth-order valence-corrected chi connectivity index (χ4v) is 2.56. The quantitative estimate of drug-likeness (QED) is 0.867. The van der Waals surface area contributed by atoms with E-state index in [0.29, 0.717) is 18.0 Å². The van der Waals surface area contributed by atoms with Crippen LogP contribution in [0, 0.1) is 0 Å². The summed E-state index contributed by atoms with van der Waals surface area (Å²) in [6.45, 7) is 2.44. The van der Waals surface area contributed by atoms with E-state index in [4.69, 9.17) is 16.3 Å². The highest BCUT2D eigenvalue weighted by Crippen LogP contribution is 2.23. The number of ether oxygens (including phenoxy) is 1. The van der Waals surface area contributed by atoms with Crippen LogP contribution in [-0.4, -0.2) is 36.6 Å². The van der Waals surface area contributed by atoms with E-state index in [1.54, 1.807) is 31.3 Å². The van der Waals surface area contributed by atoms with Crippen LogP contribution in [0.1, 0.15) is 24.2 Å². The van der Waals surface area contributed by atoms with Gasteiger partial charge in [0.2, 0.25) is 0 Å². The zero-order chi connectivity index (χ0) is 17.5. The highest BCUT2D eigenvalue weighted by atomic mass is 35.5. The molecule has 0 saturated carbocycles. The van der Waals surface area contributed by atoms with Crippen LogP contribution in [0.25, 0.3) is 0 Å². The fourth-order valence-electron chi connectivity index (χ4n) is 2.37. The molecule has 0 bridgehead atoms. The lowest BCUT2D eigenvalue weighted by atomic mass is 10.1. The Balaban J connectivity index is 1.90. The van der Waals surface area contributed by atoms with Gasteiger partial charge in [-0.05, 0) is 49.2 Å². The molecule has 6 heteroatoms. The second-order valence-corrected chi connectivity index (χ2v) is 5.92. The van der Waals surface area contributed by atoms with Gasteiger partial charge in [0.25, 0.3) is 0 Å². The minimum atomic E-state index is -0.144. The van der Waals surface area contributed by atoms with Gasteiger partial charge in [-0.25, -0.2) is 4.79 Å². The maximum absolute atomic E-state index is 12.3. The molecule has 0 radical (unpaired) electrons. The topological polar surface area (TPSA) is 54.5 Å². The van der Waals surface area contributed by atoms with Crippen LogP contribution >= 0.6 is 11.6 Å². The Hall–Kier alpha value is -2.27. The SMILES string of the molecule is COc1ccc(Cl)cc1CCNC(=O)N(C)[C@H](C)c1ccccn1. The maximum atomic E-state index is 12.3. The highest BCUT2D eigenvalue weighted by molar-refractivity contribution is 6.30. The number of urea groups is 1. The Bertz CT molecular complexity index is 679. The molecule has 2 aromatic rings. The summed E-state index contributed by atoms with van der Waals surface area (Å²) in [5.74, 6) is 0.767. The van der Waals surface area contributed by atoms with Crippen LogP contribution in [0.4, 0.5) is 4.79 Å². The Morgan fingerprint density at radius 3 is 2.83 bits per heavy atom. The molecular weight excluding hydrogens is 326 g/mol. The van der Waals surface area contributed by atoms with Gasteiger partial charge in [0.1, 0.15) is 5.75 Å². The standard InChI is InChI=1S/C18H22ClN3O2/c1-13(16-6-4-5-10-20-16)22(2)18(23)21-11-9-14-12-15(19)7-8-17(14)24-3/h4-8,10,12-13H,9,11H2,1-3H3,(H,21,23)/t13-/m1/s1. The highest BCUT2D eigenvalue weighted by Gasteiger charge is 2.17. The third-order valence-electron chi connectivity index (χ3n) is 3.93. The number of nitrogens with one attached hydrogen (secondary N) is 1. The zero-order valence-corrected chi connectivity index (χ0v) is 14.9. The van der Waals surface area contributed by atoms with E-state index in [1.165, 1.54) is 0 Å². The number of rotatable bonds is 6. The lowest BCUT2D eigenvalue weighted by molar-refractivity contribution is 0.193. The lowest BCUT2D eigenvalue weighted by Crippen LogP contribution is -2.39. The molecule has 0 spiro atoms. The van der Waals surface area contributed by atoms with Gasteiger partial charge in [-0.2, -0.15) is 0 Å². The normalized spacial score (nSPS) is 11.7. The maximum Gasteiger partial charge on any atom is 0.317 e. The predicted molar refractivity (Wildman–Crippen MR) is 95.5 cm³/mol. The molecular formula is C18H22ClN3O2. The fraction of sp³-hybridized carbons (Fsp3) is 0.333. The summed E-state index contributed by atoms with van der Waals surface area (Å²) in [5.41, 5.74) is 1.82. The number of halogens is 1. The van der Waals surface area contributed by atoms with Gasteiger partial charge in [0, 0.05) is 24.8 Å². The van der Waals surface area contributed by atoms with Gasteiger partial charge in [0.05, 0.1) is 18.8 Å². The molecule has 1 aromatic heterocycles. The van der Waals surface area contributed by atoms with E-state index in [2.05, 4.69) is 10.3 Å². The van der Waals surface area contributed by atoms with Gasteiger partial charge >= 0.3 is 6.03 Å². The second kappa shape index (κ2) is 8.55. The van der Waals surface area contributed by atoms with E-state index in [9.17, 15) is 4.79 Å². The number of hydrogen-bond donors (Lipinski definition) is 1. The minimum Gasteiger partial charge on any atom is -0.496 e. The molecule has 5 nitrogen and oxygen atoms in total. The Labute approximate surface area is 147 Å². The summed E-state index contributed by atoms with van der Waals surface area (Å²) in [7, 11) is 3.38. The number of carbonyl (C=O) groups is 1. The van der Waals surface area contributed by atoms with Crippen molar-refractivity contribution in [3.63, 3.8) is 0 Å². The number of pyridine rings is 1. The van der Waals surface area contributed by atoms with Crippen LogP contribution in [-0.2, 0) is 6.42 Å². The number of benzene rings is 1. The first kappa shape index (κ1) is 18.1. The van der Waals surface area contributed by atoms with Gasteiger partial charge < -0.3 is 15.0 Å². The Kier molecular flexibility index (Phi) is 6.44. The number of methoxy groups -OCH3 is 1. The molecule has 0 aliphatic carbocycles. The third kappa shape index (κ3) is 4.61. The molecule has 2 amide bonds. The third-order valence-corrected chi connectivity index (χ3v) is 4.17. The van der Waals surface area contributed by atoms with E-state index in [-0.39, 0.29) is 12.1 Å². The van der Waals surface area contributed by atoms with Gasteiger partial charge in [-0.1, -0.05) is 17.7 Å². The number of nitrogens with zero attached hydrogens (tertiary/aromatic N) is 2. The summed E-state index contributed by atoms with van der Waals surface area (Å²) in [5, 5.41) is 3.56. The van der Waals surface area contributed by atoms with Gasteiger partial charge in [0.15, 0.2) is 0 Å². The number of amides is 2. The summed E-state index contributed by atoms with van der Waals surface area (Å²) < 4.78 is 5.31. The first-order chi connectivity index (χ1) is 11.5. The molecule has 1 aromatic carbocycles.